The summed E-state index contributed by atoms with van der Waals surface area (Å²) in [7, 11) is 0. The van der Waals surface area contributed by atoms with Gasteiger partial charge >= 0.3 is 11.9 Å². The number of carbonyl (C=O) groups excluding carboxylic acids is 3. The number of β-lactam (4-membered cyclic amide) rings is 1. The summed E-state index contributed by atoms with van der Waals surface area (Å²) in [6, 6.07) is 2.86. The summed E-state index contributed by atoms with van der Waals surface area (Å²) in [6.07, 6.45) is -0.244. The molecule has 3 rings (SSSR count). The van der Waals surface area contributed by atoms with Gasteiger partial charge in [0.1, 0.15) is 17.1 Å². The molecule has 3 heterocycles. The standard InChI is InChI=1S/C17H18N2O6S2/c1-8(2)25-17(24)10-7-27-15-12(14(21)19(15)13(10)16(22)23)18-11(20)6-9-4-3-5-26-9/h3-5,8,12,15H,6-7H2,1-2H3,(H,18,20)(H,22,23)/t12?,15-/m0/s1. The Morgan fingerprint density at radius 3 is 2.74 bits per heavy atom. The van der Waals surface area contributed by atoms with E-state index < -0.39 is 35.4 Å². The molecule has 144 valence electrons. The van der Waals surface area contributed by atoms with Gasteiger partial charge in [-0.05, 0) is 25.3 Å². The average Bonchev–Trinajstić information content (AvgIpc) is 3.10. The van der Waals surface area contributed by atoms with Crippen LogP contribution in [0.25, 0.3) is 0 Å². The van der Waals surface area contributed by atoms with Gasteiger partial charge in [0.2, 0.25) is 5.91 Å². The summed E-state index contributed by atoms with van der Waals surface area (Å²) in [5, 5.41) is 13.5. The molecule has 0 aliphatic carbocycles. The van der Waals surface area contributed by atoms with Crippen molar-refractivity contribution in [2.24, 2.45) is 0 Å². The molecule has 27 heavy (non-hydrogen) atoms. The predicted octanol–water partition coefficient (Wildman–Crippen LogP) is 0.981. The number of ether oxygens (including phenoxy) is 1. The molecule has 8 nitrogen and oxygen atoms in total. The molecule has 1 unspecified atom stereocenters. The van der Waals surface area contributed by atoms with Gasteiger partial charge in [-0.15, -0.1) is 23.1 Å². The molecule has 2 amide bonds. The summed E-state index contributed by atoms with van der Waals surface area (Å²) in [5.74, 6) is -2.86. The molecule has 2 atom stereocenters. The van der Waals surface area contributed by atoms with Crippen LogP contribution in [0.1, 0.15) is 18.7 Å². The number of fused-ring (bicyclic) bond motifs is 1. The van der Waals surface area contributed by atoms with Crippen molar-refractivity contribution in [3.63, 3.8) is 0 Å². The second-order valence-electron chi connectivity index (χ2n) is 6.30. The van der Waals surface area contributed by atoms with Gasteiger partial charge in [0.25, 0.3) is 5.91 Å². The maximum absolute atomic E-state index is 12.5. The molecule has 10 heteroatoms. The molecule has 1 aromatic rings. The van der Waals surface area contributed by atoms with Gasteiger partial charge in [0.15, 0.2) is 0 Å². The number of aliphatic carboxylic acids is 1. The van der Waals surface area contributed by atoms with Crippen molar-refractivity contribution in [3.8, 4) is 0 Å². The van der Waals surface area contributed by atoms with Crippen molar-refractivity contribution >= 4 is 46.9 Å². The Labute approximate surface area is 163 Å². The number of hydrogen-bond donors (Lipinski definition) is 2. The molecule has 0 radical (unpaired) electrons. The quantitative estimate of drug-likeness (QED) is 0.531. The fourth-order valence-corrected chi connectivity index (χ4v) is 4.89. The number of carbonyl (C=O) groups is 4. The number of nitrogens with one attached hydrogen (secondary N) is 1. The van der Waals surface area contributed by atoms with Crippen LogP contribution >= 0.6 is 23.1 Å². The number of thioether (sulfide) groups is 1. The number of nitrogens with zero attached hydrogens (tertiary/aromatic N) is 1. The van der Waals surface area contributed by atoms with Gasteiger partial charge in [-0.1, -0.05) is 6.07 Å². The highest BCUT2D eigenvalue weighted by Crippen LogP contribution is 2.40. The van der Waals surface area contributed by atoms with Crippen molar-refractivity contribution in [1.29, 1.82) is 0 Å². The molecule has 0 aromatic carbocycles. The zero-order chi connectivity index (χ0) is 19.7. The molecule has 1 saturated heterocycles. The van der Waals surface area contributed by atoms with Gasteiger partial charge in [-0.3, -0.25) is 14.5 Å². The van der Waals surface area contributed by atoms with E-state index in [2.05, 4.69) is 5.32 Å². The van der Waals surface area contributed by atoms with Crippen LogP contribution in [0.15, 0.2) is 28.8 Å². The number of esters is 1. The van der Waals surface area contributed by atoms with Crippen molar-refractivity contribution < 1.29 is 29.0 Å². The van der Waals surface area contributed by atoms with Crippen LogP contribution in [0, 0.1) is 0 Å². The van der Waals surface area contributed by atoms with E-state index >= 15 is 0 Å². The molecular formula is C17H18N2O6S2. The van der Waals surface area contributed by atoms with E-state index in [1.807, 2.05) is 17.5 Å². The predicted molar refractivity (Wildman–Crippen MR) is 98.9 cm³/mol. The summed E-state index contributed by atoms with van der Waals surface area (Å²) in [6.45, 7) is 3.32. The number of thiophene rings is 1. The topological polar surface area (TPSA) is 113 Å². The molecule has 0 saturated carbocycles. The maximum Gasteiger partial charge on any atom is 0.353 e. The molecule has 0 bridgehead atoms. The first kappa shape index (κ1) is 19.4. The van der Waals surface area contributed by atoms with Crippen LogP contribution in [-0.2, 0) is 30.3 Å². The van der Waals surface area contributed by atoms with E-state index in [0.717, 1.165) is 9.78 Å². The van der Waals surface area contributed by atoms with E-state index in [1.54, 1.807) is 13.8 Å². The van der Waals surface area contributed by atoms with E-state index in [0.29, 0.717) is 0 Å². The molecule has 1 fully saturated rings. The van der Waals surface area contributed by atoms with Crippen LogP contribution < -0.4 is 5.32 Å². The van der Waals surface area contributed by atoms with Crippen LogP contribution in [0.5, 0.6) is 0 Å². The molecule has 2 N–H and O–H groups in total. The second-order valence-corrected chi connectivity index (χ2v) is 8.43. The molecule has 1 aromatic heterocycles. The molecule has 2 aliphatic heterocycles. The minimum atomic E-state index is -1.37. The SMILES string of the molecule is CC(C)OC(=O)C1=C(C(=O)O)N2C(=O)C(NC(=O)Cc3cccs3)[C@@H]2SC1. The van der Waals surface area contributed by atoms with E-state index in [1.165, 1.54) is 23.1 Å². The fraction of sp³-hybridized carbons (Fsp3) is 0.412. The van der Waals surface area contributed by atoms with E-state index in [4.69, 9.17) is 4.74 Å². The minimum absolute atomic E-state index is 0.0471. The zero-order valence-electron chi connectivity index (χ0n) is 14.6. The Hall–Kier alpha value is -2.33. The number of hydrogen-bond acceptors (Lipinski definition) is 7. The molecule has 2 aliphatic rings. The minimum Gasteiger partial charge on any atom is -0.477 e. The third-order valence-corrected chi connectivity index (χ3v) is 6.15. The highest BCUT2D eigenvalue weighted by molar-refractivity contribution is 8.00. The summed E-state index contributed by atoms with van der Waals surface area (Å²) in [4.78, 5) is 50.4. The van der Waals surface area contributed by atoms with Crippen molar-refractivity contribution in [2.45, 2.75) is 37.8 Å². The highest BCUT2D eigenvalue weighted by atomic mass is 32.2. The van der Waals surface area contributed by atoms with Gasteiger partial charge in [0.05, 0.1) is 18.1 Å². The number of carboxylic acids is 1. The Morgan fingerprint density at radius 1 is 1.41 bits per heavy atom. The lowest BCUT2D eigenvalue weighted by Gasteiger charge is -2.49. The third-order valence-electron chi connectivity index (χ3n) is 3.99. The van der Waals surface area contributed by atoms with E-state index in [-0.39, 0.29) is 29.4 Å². The number of carboxylic acid groups (broad SMARTS) is 1. The highest BCUT2D eigenvalue weighted by Gasteiger charge is 2.55. The lowest BCUT2D eigenvalue weighted by Crippen LogP contribution is -2.70. The first-order valence-electron chi connectivity index (χ1n) is 8.23. The van der Waals surface area contributed by atoms with E-state index in [9.17, 15) is 24.3 Å². The van der Waals surface area contributed by atoms with Gasteiger partial charge in [-0.2, -0.15) is 0 Å². The normalized spacial score (nSPS) is 21.6. The number of rotatable bonds is 6. The maximum atomic E-state index is 12.5. The first-order chi connectivity index (χ1) is 12.8. The molecular weight excluding hydrogens is 392 g/mol. The van der Waals surface area contributed by atoms with Gasteiger partial charge in [0, 0.05) is 10.6 Å². The van der Waals surface area contributed by atoms with Crippen LogP contribution in [0.4, 0.5) is 0 Å². The van der Waals surface area contributed by atoms with Crippen molar-refractivity contribution in [2.75, 3.05) is 5.75 Å². The molecule has 0 spiro atoms. The second kappa shape index (κ2) is 7.73. The Morgan fingerprint density at radius 2 is 2.15 bits per heavy atom. The Bertz CT molecular complexity index is 817. The van der Waals surface area contributed by atoms with Crippen LogP contribution in [0.2, 0.25) is 0 Å². The Kier molecular flexibility index (Phi) is 5.56. The zero-order valence-corrected chi connectivity index (χ0v) is 16.3. The summed E-state index contributed by atoms with van der Waals surface area (Å²) >= 11 is 2.67. The van der Waals surface area contributed by atoms with Crippen LogP contribution in [0.3, 0.4) is 0 Å². The third kappa shape index (κ3) is 3.86. The van der Waals surface area contributed by atoms with Crippen molar-refractivity contribution in [3.05, 3.63) is 33.7 Å². The van der Waals surface area contributed by atoms with Crippen molar-refractivity contribution in [1.82, 2.24) is 10.2 Å². The largest absolute Gasteiger partial charge is 0.477 e. The van der Waals surface area contributed by atoms with Gasteiger partial charge in [-0.25, -0.2) is 9.59 Å². The van der Waals surface area contributed by atoms with Gasteiger partial charge < -0.3 is 15.2 Å². The number of amides is 2. The lowest BCUT2D eigenvalue weighted by atomic mass is 10.0. The summed E-state index contributed by atoms with van der Waals surface area (Å²) < 4.78 is 5.08. The summed E-state index contributed by atoms with van der Waals surface area (Å²) in [5.41, 5.74) is -0.410. The smallest absolute Gasteiger partial charge is 0.353 e. The fourth-order valence-electron chi connectivity index (χ4n) is 2.86. The average molecular weight is 410 g/mol. The first-order valence-corrected chi connectivity index (χ1v) is 10.2. The monoisotopic (exact) mass is 410 g/mol. The van der Waals surface area contributed by atoms with Crippen LogP contribution in [-0.4, -0.2) is 57.0 Å². The Balaban J connectivity index is 1.74. The lowest BCUT2D eigenvalue weighted by molar-refractivity contribution is -0.151.